The van der Waals surface area contributed by atoms with Crippen molar-refractivity contribution >= 4 is 17.8 Å². The zero-order valence-corrected chi connectivity index (χ0v) is 35.3. The Hall–Kier alpha value is -1.79. The van der Waals surface area contributed by atoms with E-state index in [9.17, 15) is 29.7 Å². The molecule has 0 radical (unpaired) electrons. The van der Waals surface area contributed by atoms with Crippen LogP contribution >= 0.6 is 0 Å². The normalized spacial score (nSPS) is 19.8. The number of carboxylic acid groups (broad SMARTS) is 1. The van der Waals surface area contributed by atoms with Crippen LogP contribution in [-0.4, -0.2) is 99.9 Å². The highest BCUT2D eigenvalue weighted by Gasteiger charge is 2.48. The van der Waals surface area contributed by atoms with Gasteiger partial charge in [0.05, 0.1) is 13.2 Å². The smallest absolute Gasteiger partial charge is 0.303 e. The van der Waals surface area contributed by atoms with Gasteiger partial charge in [0, 0.05) is 19.4 Å². The summed E-state index contributed by atoms with van der Waals surface area (Å²) in [6.45, 7) is 4.84. The largest absolute Gasteiger partial charge is 0.481 e. The van der Waals surface area contributed by atoms with Crippen molar-refractivity contribution in [2.24, 2.45) is 0 Å². The first-order valence-electron chi connectivity index (χ1n) is 22.9. The fourth-order valence-corrected chi connectivity index (χ4v) is 7.62. The van der Waals surface area contributed by atoms with E-state index in [-0.39, 0.29) is 18.9 Å². The summed E-state index contributed by atoms with van der Waals surface area (Å²) >= 11 is 0. The Morgan fingerprint density at radius 3 is 1.49 bits per heavy atom. The summed E-state index contributed by atoms with van der Waals surface area (Å²) in [6, 6.07) is -1.07. The number of nitrogens with one attached hydrogen (secondary N) is 2. The Morgan fingerprint density at radius 1 is 0.582 bits per heavy atom. The lowest BCUT2D eigenvalue weighted by molar-refractivity contribution is -0.231. The standard InChI is InChI=1S/C44H85N3O8/c1-3-5-7-9-11-13-15-16-17-18-19-20-22-24-27-31-39(50)47(34-30-25-23-21-14-12-10-8-6-4-2)44-41(43(54)42(53)37(36-48)55-44)46-38(49)35-45-33-29-26-28-32-40(51)52/h37,41-45,48,53-54H,3-36H2,1-2H3,(H,46,49)(H,51,52)/t37-,41+,42-,43-,44-/m1/s1. The number of carbonyl (C=O) groups is 3. The van der Waals surface area contributed by atoms with E-state index < -0.39 is 49.1 Å². The fourth-order valence-electron chi connectivity index (χ4n) is 7.62. The lowest BCUT2D eigenvalue weighted by Gasteiger charge is -2.47. The number of hydrogen-bond acceptors (Lipinski definition) is 8. The first-order valence-corrected chi connectivity index (χ1v) is 22.9. The molecule has 1 rings (SSSR count). The quantitative estimate of drug-likeness (QED) is 0.0339. The van der Waals surface area contributed by atoms with Crippen molar-refractivity contribution in [1.82, 2.24) is 15.5 Å². The van der Waals surface area contributed by atoms with E-state index in [1.807, 2.05) is 0 Å². The van der Waals surface area contributed by atoms with Gasteiger partial charge in [-0.3, -0.25) is 14.4 Å². The number of rotatable bonds is 38. The number of ether oxygens (including phenoxy) is 1. The topological polar surface area (TPSA) is 169 Å². The molecule has 324 valence electrons. The van der Waals surface area contributed by atoms with E-state index in [0.29, 0.717) is 25.9 Å². The minimum absolute atomic E-state index is 0.0418. The summed E-state index contributed by atoms with van der Waals surface area (Å²) < 4.78 is 6.14. The Labute approximate surface area is 335 Å². The van der Waals surface area contributed by atoms with Gasteiger partial charge in [0.1, 0.15) is 24.4 Å². The van der Waals surface area contributed by atoms with E-state index in [1.165, 1.54) is 116 Å². The highest BCUT2D eigenvalue weighted by Crippen LogP contribution is 2.26. The van der Waals surface area contributed by atoms with Crippen LogP contribution in [-0.2, 0) is 19.1 Å². The van der Waals surface area contributed by atoms with Crippen molar-refractivity contribution in [3.05, 3.63) is 0 Å². The number of carboxylic acids is 1. The van der Waals surface area contributed by atoms with Crippen LogP contribution in [0, 0.1) is 0 Å². The van der Waals surface area contributed by atoms with Crippen molar-refractivity contribution in [2.45, 2.75) is 237 Å². The number of amides is 2. The number of aliphatic hydroxyl groups is 3. The van der Waals surface area contributed by atoms with Crippen LogP contribution in [0.3, 0.4) is 0 Å². The number of hydrogen-bond donors (Lipinski definition) is 6. The molecule has 1 heterocycles. The molecule has 11 nitrogen and oxygen atoms in total. The first-order chi connectivity index (χ1) is 26.8. The number of carbonyl (C=O) groups excluding carboxylic acids is 2. The van der Waals surface area contributed by atoms with Gasteiger partial charge < -0.3 is 40.7 Å². The Morgan fingerprint density at radius 2 is 1.02 bits per heavy atom. The second-order valence-electron chi connectivity index (χ2n) is 16.2. The van der Waals surface area contributed by atoms with Crippen molar-refractivity contribution in [1.29, 1.82) is 0 Å². The third kappa shape index (κ3) is 26.0. The summed E-state index contributed by atoms with van der Waals surface area (Å²) in [6.07, 6.45) is 27.6. The molecule has 5 atom stereocenters. The van der Waals surface area contributed by atoms with Crippen molar-refractivity contribution in [2.75, 3.05) is 26.2 Å². The SMILES string of the molecule is CCCCCCCCCCCCCCCCCC(=O)N(CCCCCCCCCCCC)[C@@H]1O[C@H](CO)[C@@H](O)[C@H](O)[C@@H]1NC(=O)CNCCCCCC(=O)O. The molecule has 1 fully saturated rings. The van der Waals surface area contributed by atoms with Crippen LogP contribution in [0.15, 0.2) is 0 Å². The molecule has 0 aromatic heterocycles. The monoisotopic (exact) mass is 784 g/mol. The predicted molar refractivity (Wildman–Crippen MR) is 222 cm³/mol. The average Bonchev–Trinajstić information content (AvgIpc) is 3.17. The van der Waals surface area contributed by atoms with Gasteiger partial charge in [-0.15, -0.1) is 0 Å². The lowest BCUT2D eigenvalue weighted by Crippen LogP contribution is -2.69. The minimum Gasteiger partial charge on any atom is -0.481 e. The average molecular weight is 784 g/mol. The zero-order valence-electron chi connectivity index (χ0n) is 35.3. The molecule has 0 unspecified atom stereocenters. The molecule has 0 aromatic carbocycles. The molecule has 11 heteroatoms. The molecule has 0 aliphatic carbocycles. The fraction of sp³-hybridized carbons (Fsp3) is 0.932. The highest BCUT2D eigenvalue weighted by molar-refractivity contribution is 5.79. The van der Waals surface area contributed by atoms with E-state index in [2.05, 4.69) is 24.5 Å². The molecule has 2 amide bonds. The van der Waals surface area contributed by atoms with E-state index in [1.54, 1.807) is 4.90 Å². The Bertz CT molecular complexity index is 941. The van der Waals surface area contributed by atoms with Gasteiger partial charge in [0.15, 0.2) is 6.23 Å². The number of nitrogens with zero attached hydrogens (tertiary/aromatic N) is 1. The van der Waals surface area contributed by atoms with Gasteiger partial charge in [-0.1, -0.05) is 168 Å². The summed E-state index contributed by atoms with van der Waals surface area (Å²) in [4.78, 5) is 39.3. The molecule has 0 bridgehead atoms. The van der Waals surface area contributed by atoms with Crippen LogP contribution in [0.25, 0.3) is 0 Å². The molecule has 0 spiro atoms. The van der Waals surface area contributed by atoms with Gasteiger partial charge in [0.25, 0.3) is 0 Å². The number of aliphatic hydroxyl groups excluding tert-OH is 3. The molecule has 6 N–H and O–H groups in total. The minimum atomic E-state index is -1.44. The third-order valence-corrected chi connectivity index (χ3v) is 11.1. The predicted octanol–water partition coefficient (Wildman–Crippen LogP) is 8.16. The molecular weight excluding hydrogens is 698 g/mol. The summed E-state index contributed by atoms with van der Waals surface area (Å²) in [5, 5.41) is 46.7. The molecule has 0 aromatic rings. The maximum absolute atomic E-state index is 13.9. The summed E-state index contributed by atoms with van der Waals surface area (Å²) in [5.74, 6) is -1.34. The van der Waals surface area contributed by atoms with Crippen LogP contribution in [0.5, 0.6) is 0 Å². The van der Waals surface area contributed by atoms with Crippen molar-refractivity contribution < 1.29 is 39.5 Å². The maximum atomic E-state index is 13.9. The van der Waals surface area contributed by atoms with Crippen molar-refractivity contribution in [3.63, 3.8) is 0 Å². The maximum Gasteiger partial charge on any atom is 0.303 e. The lowest BCUT2D eigenvalue weighted by atomic mass is 9.94. The molecule has 1 aliphatic rings. The second-order valence-corrected chi connectivity index (χ2v) is 16.2. The third-order valence-electron chi connectivity index (χ3n) is 11.1. The second kappa shape index (κ2) is 35.4. The number of aliphatic carboxylic acids is 1. The molecule has 1 aliphatic heterocycles. The van der Waals surface area contributed by atoms with E-state index in [4.69, 9.17) is 9.84 Å². The van der Waals surface area contributed by atoms with Crippen LogP contribution in [0.1, 0.15) is 206 Å². The van der Waals surface area contributed by atoms with Gasteiger partial charge >= 0.3 is 5.97 Å². The van der Waals surface area contributed by atoms with Gasteiger partial charge in [-0.2, -0.15) is 0 Å². The van der Waals surface area contributed by atoms with Crippen molar-refractivity contribution in [3.8, 4) is 0 Å². The van der Waals surface area contributed by atoms with E-state index >= 15 is 0 Å². The molecule has 55 heavy (non-hydrogen) atoms. The van der Waals surface area contributed by atoms with Crippen LogP contribution < -0.4 is 10.6 Å². The van der Waals surface area contributed by atoms with Gasteiger partial charge in [-0.25, -0.2) is 0 Å². The Balaban J connectivity index is 2.71. The first kappa shape index (κ1) is 51.2. The van der Waals surface area contributed by atoms with Gasteiger partial charge in [0.2, 0.25) is 11.8 Å². The zero-order chi connectivity index (χ0) is 40.4. The molecule has 0 saturated carbocycles. The summed E-state index contributed by atoms with van der Waals surface area (Å²) in [7, 11) is 0. The van der Waals surface area contributed by atoms with Crippen LogP contribution in [0.2, 0.25) is 0 Å². The van der Waals surface area contributed by atoms with Gasteiger partial charge in [-0.05, 0) is 32.2 Å². The number of unbranched alkanes of at least 4 members (excludes halogenated alkanes) is 25. The van der Waals surface area contributed by atoms with Crippen LogP contribution in [0.4, 0.5) is 0 Å². The Kier molecular flexibility index (Phi) is 33.0. The van der Waals surface area contributed by atoms with E-state index in [0.717, 1.165) is 57.8 Å². The molecular formula is C44H85N3O8. The summed E-state index contributed by atoms with van der Waals surface area (Å²) in [5.41, 5.74) is 0. The highest BCUT2D eigenvalue weighted by atomic mass is 16.5. The molecule has 1 saturated heterocycles.